The van der Waals surface area contributed by atoms with E-state index in [2.05, 4.69) is 4.90 Å². The van der Waals surface area contributed by atoms with Gasteiger partial charge in [-0.1, -0.05) is 12.1 Å². The molecule has 1 aliphatic carbocycles. The van der Waals surface area contributed by atoms with Gasteiger partial charge in [-0.3, -0.25) is 4.79 Å². The first-order chi connectivity index (χ1) is 16.8. The smallest absolute Gasteiger partial charge is 0.341 e. The van der Waals surface area contributed by atoms with E-state index >= 15 is 4.39 Å². The fourth-order valence-electron chi connectivity index (χ4n) is 4.89. The van der Waals surface area contributed by atoms with E-state index < -0.39 is 34.8 Å². The number of methoxy groups -OCH3 is 1. The SMILES string of the molecule is COc1ccccc1N1CCN(c2c(F)cc3c(=O)c(C(=O)O)cn(C4CC4)c3c2C(F)F)CC1. The van der Waals surface area contributed by atoms with Crippen molar-refractivity contribution in [1.82, 2.24) is 4.57 Å². The van der Waals surface area contributed by atoms with E-state index in [9.17, 15) is 23.5 Å². The molecule has 35 heavy (non-hydrogen) atoms. The number of carbonyl (C=O) groups is 1. The highest BCUT2D eigenvalue weighted by atomic mass is 19.3. The van der Waals surface area contributed by atoms with Gasteiger partial charge in [-0.2, -0.15) is 0 Å². The predicted octanol–water partition coefficient (Wildman–Crippen LogP) is 4.45. The van der Waals surface area contributed by atoms with Gasteiger partial charge >= 0.3 is 5.97 Å². The van der Waals surface area contributed by atoms with Crippen molar-refractivity contribution in [3.05, 3.63) is 63.7 Å². The Balaban J connectivity index is 1.60. The van der Waals surface area contributed by atoms with Crippen LogP contribution in [0.1, 0.15) is 41.2 Å². The molecule has 2 heterocycles. The molecule has 1 aliphatic heterocycles. The number of piperazine rings is 1. The summed E-state index contributed by atoms with van der Waals surface area (Å²) in [4.78, 5) is 28.0. The summed E-state index contributed by atoms with van der Waals surface area (Å²) in [6.07, 6.45) is -0.596. The number of anilines is 2. The summed E-state index contributed by atoms with van der Waals surface area (Å²) in [7, 11) is 1.57. The van der Waals surface area contributed by atoms with Crippen molar-refractivity contribution in [3.63, 3.8) is 0 Å². The molecule has 3 aromatic rings. The second-order valence-corrected chi connectivity index (χ2v) is 8.78. The van der Waals surface area contributed by atoms with Crippen LogP contribution in [0, 0.1) is 5.82 Å². The van der Waals surface area contributed by atoms with Gasteiger partial charge in [0.2, 0.25) is 5.43 Å². The second-order valence-electron chi connectivity index (χ2n) is 8.78. The molecule has 2 fully saturated rings. The minimum atomic E-state index is -3.06. The lowest BCUT2D eigenvalue weighted by molar-refractivity contribution is 0.0695. The fraction of sp³-hybridized carbons (Fsp3) is 0.360. The highest BCUT2D eigenvalue weighted by Gasteiger charge is 2.34. The lowest BCUT2D eigenvalue weighted by Gasteiger charge is -2.39. The van der Waals surface area contributed by atoms with Gasteiger partial charge in [0.15, 0.2) is 0 Å². The molecule has 10 heteroatoms. The summed E-state index contributed by atoms with van der Waals surface area (Å²) < 4.78 is 51.3. The number of aromatic carboxylic acids is 1. The predicted molar refractivity (Wildman–Crippen MR) is 126 cm³/mol. The zero-order valence-corrected chi connectivity index (χ0v) is 19.0. The maximum absolute atomic E-state index is 15.4. The average molecular weight is 487 g/mol. The number of halogens is 3. The maximum atomic E-state index is 15.4. The molecular weight excluding hydrogens is 463 g/mol. The van der Waals surface area contributed by atoms with E-state index in [0.29, 0.717) is 31.7 Å². The Kier molecular flexibility index (Phi) is 5.82. The lowest BCUT2D eigenvalue weighted by atomic mass is 10.0. The molecule has 1 aromatic heterocycles. The third-order valence-corrected chi connectivity index (χ3v) is 6.69. The number of carboxylic acid groups (broad SMARTS) is 1. The van der Waals surface area contributed by atoms with Crippen LogP contribution in [-0.4, -0.2) is 48.9 Å². The molecular formula is C25H24F3N3O4. The molecule has 1 saturated heterocycles. The largest absolute Gasteiger partial charge is 0.495 e. The molecule has 0 amide bonds. The first-order valence-electron chi connectivity index (χ1n) is 11.4. The van der Waals surface area contributed by atoms with Crippen molar-refractivity contribution in [3.8, 4) is 5.75 Å². The van der Waals surface area contributed by atoms with Gasteiger partial charge in [0, 0.05) is 38.4 Å². The summed E-state index contributed by atoms with van der Waals surface area (Å²) in [5, 5.41) is 9.10. The van der Waals surface area contributed by atoms with Crippen LogP contribution in [0.15, 0.2) is 41.3 Å². The average Bonchev–Trinajstić information content (AvgIpc) is 3.69. The van der Waals surface area contributed by atoms with Crippen molar-refractivity contribution >= 4 is 28.2 Å². The first kappa shape index (κ1) is 23.1. The normalized spacial score (nSPS) is 16.3. The molecule has 0 atom stereocenters. The molecule has 0 radical (unpaired) electrons. The van der Waals surface area contributed by atoms with E-state index in [-0.39, 0.29) is 35.7 Å². The summed E-state index contributed by atoms with van der Waals surface area (Å²) in [6.45, 7) is 1.46. The monoisotopic (exact) mass is 487 g/mol. The number of nitrogens with zero attached hydrogens (tertiary/aromatic N) is 3. The number of carboxylic acids is 1. The Morgan fingerprint density at radius 1 is 1.11 bits per heavy atom. The lowest BCUT2D eigenvalue weighted by Crippen LogP contribution is -2.47. The number of hydrogen-bond donors (Lipinski definition) is 1. The van der Waals surface area contributed by atoms with Crippen LogP contribution in [0.3, 0.4) is 0 Å². The third-order valence-electron chi connectivity index (χ3n) is 6.69. The van der Waals surface area contributed by atoms with Crippen LogP contribution >= 0.6 is 0 Å². The molecule has 0 bridgehead atoms. The van der Waals surface area contributed by atoms with Crippen LogP contribution in [0.2, 0.25) is 0 Å². The maximum Gasteiger partial charge on any atom is 0.341 e. The van der Waals surface area contributed by atoms with Crippen molar-refractivity contribution in [2.24, 2.45) is 0 Å². The number of benzene rings is 2. The van der Waals surface area contributed by atoms with E-state index in [0.717, 1.165) is 18.0 Å². The highest BCUT2D eigenvalue weighted by molar-refractivity contribution is 5.95. The minimum absolute atomic E-state index is 0.0824. The summed E-state index contributed by atoms with van der Waals surface area (Å²) >= 11 is 0. The minimum Gasteiger partial charge on any atom is -0.495 e. The zero-order chi connectivity index (χ0) is 24.9. The molecule has 2 aromatic carbocycles. The van der Waals surface area contributed by atoms with Gasteiger partial charge in [-0.15, -0.1) is 0 Å². The van der Waals surface area contributed by atoms with E-state index in [1.807, 2.05) is 24.3 Å². The molecule has 0 spiro atoms. The van der Waals surface area contributed by atoms with Crippen LogP contribution in [-0.2, 0) is 0 Å². The van der Waals surface area contributed by atoms with Gasteiger partial charge in [0.05, 0.1) is 35.0 Å². The van der Waals surface area contributed by atoms with E-state index in [1.165, 1.54) is 4.57 Å². The Morgan fingerprint density at radius 3 is 2.37 bits per heavy atom. The van der Waals surface area contributed by atoms with Crippen molar-refractivity contribution in [2.75, 3.05) is 43.1 Å². The number of alkyl halides is 2. The quantitative estimate of drug-likeness (QED) is 0.554. The standard InChI is InChI=1S/C25H24F3N3O4/c1-35-19-5-3-2-4-18(19)29-8-10-30(11-9-29)22-17(26)12-15-21(20(22)24(27)28)31(14-6-7-14)13-16(23(15)32)25(33)34/h2-5,12-14,24H,6-11H2,1H3,(H,33,34). The fourth-order valence-corrected chi connectivity index (χ4v) is 4.89. The molecule has 1 saturated carbocycles. The molecule has 0 unspecified atom stereocenters. The number of fused-ring (bicyclic) bond motifs is 1. The Morgan fingerprint density at radius 2 is 1.77 bits per heavy atom. The molecule has 7 nitrogen and oxygen atoms in total. The highest BCUT2D eigenvalue weighted by Crippen LogP contribution is 2.43. The molecule has 2 aliphatic rings. The molecule has 5 rings (SSSR count). The van der Waals surface area contributed by atoms with Gasteiger partial charge in [-0.25, -0.2) is 18.0 Å². The van der Waals surface area contributed by atoms with Gasteiger partial charge in [0.1, 0.15) is 17.1 Å². The van der Waals surface area contributed by atoms with Crippen LogP contribution in [0.5, 0.6) is 5.75 Å². The Bertz CT molecular complexity index is 1360. The number of hydrogen-bond acceptors (Lipinski definition) is 5. The summed E-state index contributed by atoms with van der Waals surface area (Å²) in [6, 6.07) is 8.19. The van der Waals surface area contributed by atoms with Gasteiger partial charge < -0.3 is 24.2 Å². The second kappa shape index (κ2) is 8.83. The number of aromatic nitrogens is 1. The number of ether oxygens (including phenoxy) is 1. The first-order valence-corrected chi connectivity index (χ1v) is 11.4. The third kappa shape index (κ3) is 3.96. The van der Waals surface area contributed by atoms with E-state index in [4.69, 9.17) is 4.74 Å². The Labute approximate surface area is 198 Å². The van der Waals surface area contributed by atoms with Crippen molar-refractivity contribution in [2.45, 2.75) is 25.3 Å². The van der Waals surface area contributed by atoms with Crippen molar-refractivity contribution < 1.29 is 27.8 Å². The topological polar surface area (TPSA) is 75.0 Å². The number of para-hydroxylation sites is 2. The number of rotatable bonds is 6. The van der Waals surface area contributed by atoms with Gasteiger partial charge in [0.25, 0.3) is 6.43 Å². The van der Waals surface area contributed by atoms with Gasteiger partial charge in [-0.05, 0) is 31.0 Å². The number of pyridine rings is 1. The summed E-state index contributed by atoms with van der Waals surface area (Å²) in [5.74, 6) is -1.74. The Hall–Kier alpha value is -3.69. The van der Waals surface area contributed by atoms with Crippen LogP contribution < -0.4 is 20.0 Å². The zero-order valence-electron chi connectivity index (χ0n) is 19.0. The van der Waals surface area contributed by atoms with Crippen LogP contribution in [0.25, 0.3) is 10.9 Å². The van der Waals surface area contributed by atoms with Crippen LogP contribution in [0.4, 0.5) is 24.5 Å². The summed E-state index contributed by atoms with van der Waals surface area (Å²) in [5.41, 5.74) is -1.52. The van der Waals surface area contributed by atoms with Crippen molar-refractivity contribution in [1.29, 1.82) is 0 Å². The van der Waals surface area contributed by atoms with E-state index in [1.54, 1.807) is 12.0 Å². The molecule has 184 valence electrons. The molecule has 1 N–H and O–H groups in total.